The van der Waals surface area contributed by atoms with Crippen molar-refractivity contribution in [1.29, 1.82) is 0 Å². The lowest BCUT2D eigenvalue weighted by molar-refractivity contribution is 0.0230. The van der Waals surface area contributed by atoms with Crippen LogP contribution >= 0.6 is 34.5 Å². The van der Waals surface area contributed by atoms with Gasteiger partial charge < -0.3 is 19.1 Å². The van der Waals surface area contributed by atoms with Gasteiger partial charge in [-0.2, -0.15) is 0 Å². The van der Waals surface area contributed by atoms with E-state index in [4.69, 9.17) is 37.4 Å². The van der Waals surface area contributed by atoms with Crippen molar-refractivity contribution in [3.63, 3.8) is 0 Å². The summed E-state index contributed by atoms with van der Waals surface area (Å²) in [5.41, 5.74) is 0.854. The number of hydrogen-bond donors (Lipinski definition) is 0. The van der Waals surface area contributed by atoms with Crippen LogP contribution in [0.15, 0.2) is 18.2 Å². The fraction of sp³-hybridized carbons (Fsp3) is 0.542. The molecule has 0 spiro atoms. The van der Waals surface area contributed by atoms with Crippen LogP contribution in [0, 0.1) is 12.8 Å². The molecule has 3 rings (SSSR count). The molecule has 1 fully saturated rings. The van der Waals surface area contributed by atoms with Gasteiger partial charge in [-0.1, -0.05) is 29.3 Å². The second-order valence-corrected chi connectivity index (χ2v) is 11.1. The summed E-state index contributed by atoms with van der Waals surface area (Å²) in [7, 11) is 0. The highest BCUT2D eigenvalue weighted by Gasteiger charge is 2.35. The Kier molecular flexibility index (Phi) is 8.84. The molecule has 2 atom stereocenters. The lowest BCUT2D eigenvalue weighted by Gasteiger charge is -2.29. The summed E-state index contributed by atoms with van der Waals surface area (Å²) in [6, 6.07) is 5.38. The molecule has 0 unspecified atom stereocenters. The Morgan fingerprint density at radius 1 is 1.26 bits per heavy atom. The molecule has 34 heavy (non-hydrogen) atoms. The van der Waals surface area contributed by atoms with Gasteiger partial charge in [-0.05, 0) is 58.7 Å². The first-order chi connectivity index (χ1) is 16.0. The number of carbonyl (C=O) groups is 2. The minimum Gasteiger partial charge on any atom is -0.462 e. The summed E-state index contributed by atoms with van der Waals surface area (Å²) in [6.45, 7) is 10.5. The van der Waals surface area contributed by atoms with Crippen LogP contribution in [0.5, 0.6) is 0 Å². The fourth-order valence-electron chi connectivity index (χ4n) is 3.83. The zero-order valence-electron chi connectivity index (χ0n) is 20.0. The van der Waals surface area contributed by atoms with Gasteiger partial charge in [-0.25, -0.2) is 14.6 Å². The van der Waals surface area contributed by atoms with E-state index in [2.05, 4.69) is 4.98 Å². The number of esters is 1. The molecule has 0 N–H and O–H groups in total. The van der Waals surface area contributed by atoms with Gasteiger partial charge in [0.2, 0.25) is 0 Å². The Hall–Kier alpha value is -1.87. The molecule has 1 amide bonds. The molecule has 1 aromatic heterocycles. The molecule has 0 bridgehead atoms. The molecule has 2 heterocycles. The third kappa shape index (κ3) is 6.84. The third-order valence-electron chi connectivity index (χ3n) is 5.19. The Morgan fingerprint density at radius 2 is 2.00 bits per heavy atom. The van der Waals surface area contributed by atoms with E-state index in [0.29, 0.717) is 46.7 Å². The topological polar surface area (TPSA) is 78.0 Å². The highest BCUT2D eigenvalue weighted by Crippen LogP contribution is 2.36. The van der Waals surface area contributed by atoms with E-state index in [1.807, 2.05) is 33.8 Å². The maximum atomic E-state index is 12.9. The molecular weight excluding hydrogens is 499 g/mol. The van der Waals surface area contributed by atoms with Gasteiger partial charge >= 0.3 is 12.1 Å². The highest BCUT2D eigenvalue weighted by atomic mass is 35.5. The molecule has 7 nitrogen and oxygen atoms in total. The summed E-state index contributed by atoms with van der Waals surface area (Å²) in [5, 5.41) is 1.64. The Labute approximate surface area is 214 Å². The minimum atomic E-state index is -0.619. The number of nitrogens with zero attached hydrogens (tertiary/aromatic N) is 2. The summed E-state index contributed by atoms with van der Waals surface area (Å²) < 4.78 is 17.1. The average molecular weight is 529 g/mol. The van der Waals surface area contributed by atoms with Crippen molar-refractivity contribution in [3.8, 4) is 0 Å². The van der Waals surface area contributed by atoms with E-state index in [0.717, 1.165) is 10.6 Å². The monoisotopic (exact) mass is 528 g/mol. The van der Waals surface area contributed by atoms with E-state index in [-0.39, 0.29) is 18.6 Å². The first-order valence-electron chi connectivity index (χ1n) is 11.2. The second-order valence-electron chi connectivity index (χ2n) is 9.08. The van der Waals surface area contributed by atoms with Crippen molar-refractivity contribution >= 4 is 46.6 Å². The SMILES string of the molecule is CCOC(=O)c1sc(C)nc1C[C@@H]1CN(C(=O)OC(C)(C)C)CCO[C@H]1c1ccc(Cl)c(Cl)c1. The summed E-state index contributed by atoms with van der Waals surface area (Å²) in [4.78, 5) is 32.2. The Bertz CT molecular complexity index is 1040. The van der Waals surface area contributed by atoms with Gasteiger partial charge in [0, 0.05) is 19.0 Å². The van der Waals surface area contributed by atoms with Crippen LogP contribution in [0.3, 0.4) is 0 Å². The molecule has 0 aliphatic carbocycles. The quantitative estimate of drug-likeness (QED) is 0.436. The van der Waals surface area contributed by atoms with Crippen LogP contribution < -0.4 is 0 Å². The van der Waals surface area contributed by atoms with Crippen molar-refractivity contribution in [2.75, 3.05) is 26.3 Å². The lowest BCUT2D eigenvalue weighted by Crippen LogP contribution is -2.40. The van der Waals surface area contributed by atoms with E-state index in [9.17, 15) is 9.59 Å². The number of carbonyl (C=O) groups excluding carboxylic acids is 2. The number of thiazole rings is 1. The Balaban J connectivity index is 1.96. The van der Waals surface area contributed by atoms with Gasteiger partial charge in [-0.15, -0.1) is 11.3 Å². The molecule has 10 heteroatoms. The maximum absolute atomic E-state index is 12.9. The van der Waals surface area contributed by atoms with Crippen molar-refractivity contribution in [2.45, 2.75) is 52.7 Å². The number of aryl methyl sites for hydroxylation is 1. The number of benzene rings is 1. The largest absolute Gasteiger partial charge is 0.462 e. The van der Waals surface area contributed by atoms with Gasteiger partial charge in [0.1, 0.15) is 10.5 Å². The van der Waals surface area contributed by atoms with Crippen molar-refractivity contribution in [2.24, 2.45) is 5.92 Å². The number of amides is 1. The standard InChI is InChI=1S/C24H30Cl2N2O5S/c1-6-31-22(29)21-19(27-14(2)34-21)12-16-13-28(23(30)33-24(3,4)5)9-10-32-20(16)15-7-8-17(25)18(26)11-15/h7-8,11,16,20H,6,9-10,12-13H2,1-5H3/t16-,20+/m1/s1. The van der Waals surface area contributed by atoms with E-state index < -0.39 is 17.7 Å². The van der Waals surface area contributed by atoms with Crippen molar-refractivity contribution in [1.82, 2.24) is 9.88 Å². The van der Waals surface area contributed by atoms with Gasteiger partial charge in [0.25, 0.3) is 0 Å². The van der Waals surface area contributed by atoms with Crippen LogP contribution in [-0.2, 0) is 20.6 Å². The van der Waals surface area contributed by atoms with Gasteiger partial charge in [0.15, 0.2) is 0 Å². The normalized spacial score (nSPS) is 19.0. The van der Waals surface area contributed by atoms with Crippen molar-refractivity contribution in [3.05, 3.63) is 49.4 Å². The number of rotatable bonds is 5. The minimum absolute atomic E-state index is 0.220. The third-order valence-corrected chi connectivity index (χ3v) is 6.92. The van der Waals surface area contributed by atoms with E-state index in [1.54, 1.807) is 24.0 Å². The molecule has 0 radical (unpaired) electrons. The summed E-state index contributed by atoms with van der Waals surface area (Å²) in [6.07, 6.45) is -0.391. The van der Waals surface area contributed by atoms with Crippen LogP contribution in [-0.4, -0.2) is 53.9 Å². The summed E-state index contributed by atoms with van der Waals surface area (Å²) in [5.74, 6) is -0.616. The predicted octanol–water partition coefficient (Wildman–Crippen LogP) is 6.10. The van der Waals surface area contributed by atoms with E-state index >= 15 is 0 Å². The second kappa shape index (κ2) is 11.2. The molecule has 1 aromatic carbocycles. The molecule has 1 saturated heterocycles. The zero-order valence-corrected chi connectivity index (χ0v) is 22.4. The average Bonchev–Trinajstić information content (AvgIpc) is 2.97. The highest BCUT2D eigenvalue weighted by molar-refractivity contribution is 7.13. The number of hydrogen-bond acceptors (Lipinski definition) is 7. The smallest absolute Gasteiger partial charge is 0.410 e. The van der Waals surface area contributed by atoms with Crippen molar-refractivity contribution < 1.29 is 23.8 Å². The van der Waals surface area contributed by atoms with E-state index in [1.165, 1.54) is 11.3 Å². The molecular formula is C24H30Cl2N2O5S. The Morgan fingerprint density at radius 3 is 2.65 bits per heavy atom. The van der Waals surface area contributed by atoms with Gasteiger partial charge in [-0.3, -0.25) is 0 Å². The van der Waals surface area contributed by atoms with Crippen LogP contribution in [0.1, 0.15) is 59.7 Å². The molecule has 0 saturated carbocycles. The first kappa shape index (κ1) is 26.7. The lowest BCUT2D eigenvalue weighted by atomic mass is 9.90. The zero-order chi connectivity index (χ0) is 25.0. The molecule has 1 aliphatic rings. The maximum Gasteiger partial charge on any atom is 0.410 e. The van der Waals surface area contributed by atoms with Crippen LogP contribution in [0.25, 0.3) is 0 Å². The van der Waals surface area contributed by atoms with Gasteiger partial charge in [0.05, 0.1) is 40.1 Å². The fourth-order valence-corrected chi connectivity index (χ4v) is 4.98. The summed E-state index contributed by atoms with van der Waals surface area (Å²) >= 11 is 13.7. The molecule has 2 aromatic rings. The van der Waals surface area contributed by atoms with Crippen LogP contribution in [0.4, 0.5) is 4.79 Å². The number of halogens is 2. The molecule has 1 aliphatic heterocycles. The number of ether oxygens (including phenoxy) is 3. The van der Waals surface area contributed by atoms with Crippen LogP contribution in [0.2, 0.25) is 10.0 Å². The predicted molar refractivity (Wildman–Crippen MR) is 133 cm³/mol. The first-order valence-corrected chi connectivity index (χ1v) is 12.7. The number of aromatic nitrogens is 1. The molecule has 186 valence electrons.